The van der Waals surface area contributed by atoms with Crippen molar-refractivity contribution >= 4 is 15.5 Å². The normalized spacial score (nSPS) is 23.8. The first-order valence-electron chi connectivity index (χ1n) is 5.54. The number of halogens is 2. The standard InChI is InChI=1S/C11H14F2N2O2S/c12-11(13)18(16,17)10-4-2-1-3-9(10)15-8-5-7(14)6-8/h1-4,7-8,11,15H,5-6,14H2. The number of sulfone groups is 1. The van der Waals surface area contributed by atoms with E-state index in [1.54, 1.807) is 6.07 Å². The molecular weight excluding hydrogens is 262 g/mol. The number of para-hydroxylation sites is 1. The molecule has 0 unspecified atom stereocenters. The molecule has 0 aromatic heterocycles. The zero-order chi connectivity index (χ0) is 13.3. The second kappa shape index (κ2) is 4.81. The molecule has 1 saturated carbocycles. The van der Waals surface area contributed by atoms with Gasteiger partial charge in [-0.25, -0.2) is 8.42 Å². The van der Waals surface area contributed by atoms with Crippen LogP contribution in [0.25, 0.3) is 0 Å². The molecule has 0 saturated heterocycles. The molecule has 0 radical (unpaired) electrons. The van der Waals surface area contributed by atoms with E-state index < -0.39 is 15.6 Å². The van der Waals surface area contributed by atoms with Crippen molar-refractivity contribution in [1.29, 1.82) is 0 Å². The van der Waals surface area contributed by atoms with Crippen LogP contribution in [0.2, 0.25) is 0 Å². The minimum absolute atomic E-state index is 0.0500. The molecule has 1 aliphatic rings. The van der Waals surface area contributed by atoms with Gasteiger partial charge in [0.05, 0.1) is 10.6 Å². The van der Waals surface area contributed by atoms with Crippen molar-refractivity contribution in [1.82, 2.24) is 0 Å². The van der Waals surface area contributed by atoms with Crippen molar-refractivity contribution in [3.05, 3.63) is 24.3 Å². The second-order valence-electron chi connectivity index (χ2n) is 4.37. The van der Waals surface area contributed by atoms with Gasteiger partial charge in [-0.15, -0.1) is 0 Å². The van der Waals surface area contributed by atoms with Crippen molar-refractivity contribution in [2.45, 2.75) is 35.6 Å². The van der Waals surface area contributed by atoms with Crippen LogP contribution in [0.4, 0.5) is 14.5 Å². The summed E-state index contributed by atoms with van der Waals surface area (Å²) in [5.74, 6) is -3.41. The molecule has 4 nitrogen and oxygen atoms in total. The molecule has 2 rings (SSSR count). The number of rotatable bonds is 4. The van der Waals surface area contributed by atoms with Crippen molar-refractivity contribution in [3.63, 3.8) is 0 Å². The Kier molecular flexibility index (Phi) is 3.54. The third kappa shape index (κ3) is 2.46. The van der Waals surface area contributed by atoms with Crippen LogP contribution < -0.4 is 11.1 Å². The number of benzene rings is 1. The Morgan fingerprint density at radius 2 is 1.89 bits per heavy atom. The summed E-state index contributed by atoms with van der Waals surface area (Å²) in [4.78, 5) is -0.361. The minimum Gasteiger partial charge on any atom is -0.381 e. The highest BCUT2D eigenvalue weighted by atomic mass is 32.2. The Balaban J connectivity index is 2.26. The molecule has 0 spiro atoms. The van der Waals surface area contributed by atoms with Crippen molar-refractivity contribution < 1.29 is 17.2 Å². The second-order valence-corrected chi connectivity index (χ2v) is 6.26. The summed E-state index contributed by atoms with van der Waals surface area (Å²) in [6.45, 7) is 0. The number of hydrogen-bond acceptors (Lipinski definition) is 4. The lowest BCUT2D eigenvalue weighted by Crippen LogP contribution is -2.44. The maximum Gasteiger partial charge on any atom is 0.341 e. The Bertz CT molecular complexity index is 528. The molecule has 1 aromatic rings. The van der Waals surface area contributed by atoms with Gasteiger partial charge in [-0.2, -0.15) is 8.78 Å². The number of nitrogens with two attached hydrogens (primary N) is 1. The van der Waals surface area contributed by atoms with Crippen LogP contribution >= 0.6 is 0 Å². The first-order valence-corrected chi connectivity index (χ1v) is 7.09. The molecule has 3 N–H and O–H groups in total. The smallest absolute Gasteiger partial charge is 0.341 e. The summed E-state index contributed by atoms with van der Waals surface area (Å²) in [6, 6.07) is 5.84. The molecule has 0 amide bonds. The highest BCUT2D eigenvalue weighted by Gasteiger charge is 2.31. The minimum atomic E-state index is -4.58. The van der Waals surface area contributed by atoms with Crippen molar-refractivity contribution in [3.8, 4) is 0 Å². The van der Waals surface area contributed by atoms with E-state index in [2.05, 4.69) is 5.32 Å². The Morgan fingerprint density at radius 1 is 1.28 bits per heavy atom. The Labute approximate surface area is 104 Å². The zero-order valence-electron chi connectivity index (χ0n) is 9.51. The summed E-state index contributed by atoms with van der Waals surface area (Å²) in [5, 5.41) is 2.95. The van der Waals surface area contributed by atoms with Gasteiger partial charge in [-0.05, 0) is 25.0 Å². The van der Waals surface area contributed by atoms with Crippen LogP contribution in [0.1, 0.15) is 12.8 Å². The van der Waals surface area contributed by atoms with Crippen LogP contribution in [-0.4, -0.2) is 26.3 Å². The van der Waals surface area contributed by atoms with E-state index in [9.17, 15) is 17.2 Å². The van der Waals surface area contributed by atoms with E-state index in [4.69, 9.17) is 5.73 Å². The van der Waals surface area contributed by atoms with Gasteiger partial charge in [0, 0.05) is 12.1 Å². The molecule has 7 heteroatoms. The summed E-state index contributed by atoms with van der Waals surface area (Å²) < 4.78 is 48.1. The van der Waals surface area contributed by atoms with Gasteiger partial charge in [-0.1, -0.05) is 12.1 Å². The monoisotopic (exact) mass is 276 g/mol. The molecular formula is C11H14F2N2O2S. The predicted octanol–water partition coefficient (Wildman–Crippen LogP) is 1.58. The summed E-state index contributed by atoms with van der Waals surface area (Å²) in [7, 11) is -4.58. The fourth-order valence-electron chi connectivity index (χ4n) is 1.93. The molecule has 1 aromatic carbocycles. The quantitative estimate of drug-likeness (QED) is 0.876. The number of alkyl halides is 2. The lowest BCUT2D eigenvalue weighted by Gasteiger charge is -2.34. The third-order valence-electron chi connectivity index (χ3n) is 2.96. The average molecular weight is 276 g/mol. The van der Waals surface area contributed by atoms with Gasteiger partial charge < -0.3 is 11.1 Å². The van der Waals surface area contributed by atoms with Gasteiger partial charge in [0.1, 0.15) is 0 Å². The lowest BCUT2D eigenvalue weighted by atomic mass is 9.87. The van der Waals surface area contributed by atoms with E-state index in [0.29, 0.717) is 12.8 Å². The van der Waals surface area contributed by atoms with Crippen LogP contribution in [0.5, 0.6) is 0 Å². The fraction of sp³-hybridized carbons (Fsp3) is 0.455. The van der Waals surface area contributed by atoms with Gasteiger partial charge in [-0.3, -0.25) is 0 Å². The summed E-state index contributed by atoms with van der Waals surface area (Å²) >= 11 is 0. The first-order chi connectivity index (χ1) is 8.41. The number of hydrogen-bond donors (Lipinski definition) is 2. The van der Waals surface area contributed by atoms with Gasteiger partial charge in [0.2, 0.25) is 9.84 Å². The highest BCUT2D eigenvalue weighted by Crippen LogP contribution is 2.29. The molecule has 0 atom stereocenters. The van der Waals surface area contributed by atoms with Crippen molar-refractivity contribution in [2.24, 2.45) is 5.73 Å². The first kappa shape index (κ1) is 13.2. The molecule has 0 aliphatic heterocycles. The molecule has 18 heavy (non-hydrogen) atoms. The molecule has 1 aliphatic carbocycles. The maximum atomic E-state index is 12.5. The van der Waals surface area contributed by atoms with Crippen LogP contribution in [0.15, 0.2) is 29.2 Å². The van der Waals surface area contributed by atoms with Gasteiger partial charge >= 0.3 is 5.76 Å². The molecule has 100 valence electrons. The SMILES string of the molecule is NC1CC(Nc2ccccc2S(=O)(=O)C(F)F)C1. The van der Waals surface area contributed by atoms with E-state index in [1.807, 2.05) is 0 Å². The largest absolute Gasteiger partial charge is 0.381 e. The highest BCUT2D eigenvalue weighted by molar-refractivity contribution is 7.91. The Hall–Kier alpha value is -1.21. The maximum absolute atomic E-state index is 12.5. The molecule has 0 heterocycles. The molecule has 1 fully saturated rings. The number of nitrogens with one attached hydrogen (secondary N) is 1. The van der Waals surface area contributed by atoms with Crippen LogP contribution in [0.3, 0.4) is 0 Å². The van der Waals surface area contributed by atoms with E-state index in [1.165, 1.54) is 18.2 Å². The van der Waals surface area contributed by atoms with E-state index in [-0.39, 0.29) is 22.7 Å². The van der Waals surface area contributed by atoms with Crippen molar-refractivity contribution in [2.75, 3.05) is 5.32 Å². The topological polar surface area (TPSA) is 72.2 Å². The van der Waals surface area contributed by atoms with Crippen LogP contribution in [0, 0.1) is 0 Å². The predicted molar refractivity (Wildman–Crippen MR) is 64.3 cm³/mol. The summed E-state index contributed by atoms with van der Waals surface area (Å²) in [5.41, 5.74) is 5.83. The molecule has 0 bridgehead atoms. The fourth-order valence-corrected chi connectivity index (χ4v) is 2.82. The van der Waals surface area contributed by atoms with Gasteiger partial charge in [0.15, 0.2) is 0 Å². The zero-order valence-corrected chi connectivity index (χ0v) is 10.3. The average Bonchev–Trinajstić information content (AvgIpc) is 2.27. The summed E-state index contributed by atoms with van der Waals surface area (Å²) in [6.07, 6.45) is 1.42. The van der Waals surface area contributed by atoms with Gasteiger partial charge in [0.25, 0.3) is 0 Å². The van der Waals surface area contributed by atoms with Crippen LogP contribution in [-0.2, 0) is 9.84 Å². The van der Waals surface area contributed by atoms with E-state index >= 15 is 0 Å². The lowest BCUT2D eigenvalue weighted by molar-refractivity contribution is 0.235. The number of anilines is 1. The van der Waals surface area contributed by atoms with E-state index in [0.717, 1.165) is 0 Å². The Morgan fingerprint density at radius 3 is 2.44 bits per heavy atom. The third-order valence-corrected chi connectivity index (χ3v) is 4.40.